The molecule has 1 rings (SSSR count). The molecule has 0 aliphatic carbocycles. The van der Waals surface area contributed by atoms with Gasteiger partial charge < -0.3 is 15.4 Å². The zero-order chi connectivity index (χ0) is 15.0. The van der Waals surface area contributed by atoms with Crippen molar-refractivity contribution in [3.63, 3.8) is 0 Å². The molecule has 120 valence electrons. The van der Waals surface area contributed by atoms with Gasteiger partial charge in [0, 0.05) is 23.1 Å². The van der Waals surface area contributed by atoms with Gasteiger partial charge in [0.2, 0.25) is 0 Å². The molecule has 0 radical (unpaired) electrons. The molecule has 0 spiro atoms. The summed E-state index contributed by atoms with van der Waals surface area (Å²) in [6.07, 6.45) is 0. The zero-order valence-electron chi connectivity index (χ0n) is 11.8. The van der Waals surface area contributed by atoms with Crippen LogP contribution in [0.5, 0.6) is 5.75 Å². The number of nitrogens with zero attached hydrogens (tertiary/aromatic N) is 1. The molecular weight excluding hydrogens is 459 g/mol. The van der Waals surface area contributed by atoms with Gasteiger partial charge in [0.15, 0.2) is 5.96 Å². The van der Waals surface area contributed by atoms with Gasteiger partial charge in [0.1, 0.15) is 5.75 Å². The first-order valence-corrected chi connectivity index (χ1v) is 7.11. The number of alkyl halides is 2. The Morgan fingerprint density at radius 3 is 2.43 bits per heavy atom. The number of aliphatic imine (C=N–C) groups is 1. The summed E-state index contributed by atoms with van der Waals surface area (Å²) >= 11 is 3.31. The van der Waals surface area contributed by atoms with E-state index < -0.39 is 6.61 Å². The summed E-state index contributed by atoms with van der Waals surface area (Å²) in [6, 6.07) is 4.87. The van der Waals surface area contributed by atoms with E-state index in [-0.39, 0.29) is 36.3 Å². The summed E-state index contributed by atoms with van der Waals surface area (Å²) in [5.74, 6) is 0.775. The van der Waals surface area contributed by atoms with E-state index in [9.17, 15) is 8.78 Å². The number of ether oxygens (including phenoxy) is 1. The minimum atomic E-state index is -2.85. The van der Waals surface area contributed by atoms with Crippen LogP contribution < -0.4 is 15.4 Å². The molecule has 0 saturated carbocycles. The van der Waals surface area contributed by atoms with E-state index in [4.69, 9.17) is 0 Å². The molecule has 21 heavy (non-hydrogen) atoms. The Balaban J connectivity index is 0.00000400. The maximum atomic E-state index is 12.3. The van der Waals surface area contributed by atoms with Crippen LogP contribution in [0.4, 0.5) is 8.78 Å². The monoisotopic (exact) mass is 477 g/mol. The third-order valence-corrected chi connectivity index (χ3v) is 2.83. The van der Waals surface area contributed by atoms with Crippen LogP contribution in [0.1, 0.15) is 19.4 Å². The Morgan fingerprint density at radius 1 is 1.29 bits per heavy atom. The van der Waals surface area contributed by atoms with Crippen molar-refractivity contribution in [3.05, 3.63) is 28.2 Å². The minimum Gasteiger partial charge on any atom is -0.434 e. The van der Waals surface area contributed by atoms with Crippen molar-refractivity contribution in [2.24, 2.45) is 4.99 Å². The summed E-state index contributed by atoms with van der Waals surface area (Å²) in [4.78, 5) is 4.33. The molecule has 0 saturated heterocycles. The van der Waals surface area contributed by atoms with Crippen molar-refractivity contribution < 1.29 is 13.5 Å². The van der Waals surface area contributed by atoms with Crippen molar-refractivity contribution in [3.8, 4) is 5.75 Å². The normalized spacial score (nSPS) is 9.81. The molecule has 0 aliphatic rings. The molecule has 0 amide bonds. The standard InChI is InChI=1S/C13H18BrF2N3O.HI/c1-3-17-13(18-4-2)19-8-9-7-10(14)5-6-11(9)20-12(15)16;/h5-7,12H,3-4,8H2,1-2H3,(H2,17,18,19);1H. The Bertz CT molecular complexity index is 453. The SMILES string of the molecule is CCNC(=NCc1cc(Br)ccc1OC(F)F)NCC.I. The van der Waals surface area contributed by atoms with Gasteiger partial charge in [-0.1, -0.05) is 15.9 Å². The first-order valence-electron chi connectivity index (χ1n) is 6.32. The number of guanidine groups is 1. The lowest BCUT2D eigenvalue weighted by molar-refractivity contribution is -0.0504. The molecular formula is C13H19BrF2IN3O. The molecule has 1 aromatic carbocycles. The van der Waals surface area contributed by atoms with E-state index >= 15 is 0 Å². The topological polar surface area (TPSA) is 45.7 Å². The van der Waals surface area contributed by atoms with Gasteiger partial charge in [-0.2, -0.15) is 8.78 Å². The Hall–Kier alpha value is -0.640. The summed E-state index contributed by atoms with van der Waals surface area (Å²) < 4.78 is 30.0. The van der Waals surface area contributed by atoms with E-state index in [2.05, 4.69) is 36.3 Å². The summed E-state index contributed by atoms with van der Waals surface area (Å²) in [6.45, 7) is 2.77. The van der Waals surface area contributed by atoms with Gasteiger partial charge in [-0.25, -0.2) is 4.99 Å². The average Bonchev–Trinajstić information content (AvgIpc) is 2.39. The van der Waals surface area contributed by atoms with Crippen LogP contribution in [0.25, 0.3) is 0 Å². The van der Waals surface area contributed by atoms with Crippen LogP contribution in [-0.2, 0) is 6.54 Å². The van der Waals surface area contributed by atoms with Gasteiger partial charge in [0.25, 0.3) is 0 Å². The smallest absolute Gasteiger partial charge is 0.387 e. The van der Waals surface area contributed by atoms with E-state index in [1.54, 1.807) is 12.1 Å². The molecule has 0 aromatic heterocycles. The molecule has 4 nitrogen and oxygen atoms in total. The van der Waals surface area contributed by atoms with Gasteiger partial charge in [0.05, 0.1) is 6.54 Å². The first kappa shape index (κ1) is 20.4. The number of benzene rings is 1. The van der Waals surface area contributed by atoms with Crippen LogP contribution in [0, 0.1) is 0 Å². The average molecular weight is 478 g/mol. The summed E-state index contributed by atoms with van der Waals surface area (Å²) in [5, 5.41) is 6.13. The third-order valence-electron chi connectivity index (χ3n) is 2.33. The lowest BCUT2D eigenvalue weighted by atomic mass is 10.2. The second-order valence-electron chi connectivity index (χ2n) is 3.86. The highest BCUT2D eigenvalue weighted by Gasteiger charge is 2.10. The maximum absolute atomic E-state index is 12.3. The van der Waals surface area contributed by atoms with E-state index in [1.807, 2.05) is 13.8 Å². The Labute approximate surface area is 148 Å². The predicted molar refractivity (Wildman–Crippen MR) is 94.7 cm³/mol. The van der Waals surface area contributed by atoms with Crippen molar-refractivity contribution >= 4 is 45.9 Å². The largest absolute Gasteiger partial charge is 0.434 e. The number of nitrogens with one attached hydrogen (secondary N) is 2. The molecule has 0 atom stereocenters. The van der Waals surface area contributed by atoms with E-state index in [0.717, 1.165) is 17.6 Å². The van der Waals surface area contributed by atoms with Crippen LogP contribution >= 0.6 is 39.9 Å². The fourth-order valence-electron chi connectivity index (χ4n) is 1.56. The molecule has 0 heterocycles. The minimum absolute atomic E-state index is 0. The molecule has 1 aromatic rings. The van der Waals surface area contributed by atoms with Crippen LogP contribution in [0.3, 0.4) is 0 Å². The maximum Gasteiger partial charge on any atom is 0.387 e. The molecule has 0 fully saturated rings. The van der Waals surface area contributed by atoms with Crippen molar-refractivity contribution in [1.29, 1.82) is 0 Å². The second-order valence-corrected chi connectivity index (χ2v) is 4.77. The quantitative estimate of drug-likeness (QED) is 0.372. The zero-order valence-corrected chi connectivity index (χ0v) is 15.7. The van der Waals surface area contributed by atoms with Gasteiger partial charge in [-0.15, -0.1) is 24.0 Å². The highest BCUT2D eigenvalue weighted by molar-refractivity contribution is 14.0. The fourth-order valence-corrected chi connectivity index (χ4v) is 1.96. The van der Waals surface area contributed by atoms with Crippen LogP contribution in [-0.4, -0.2) is 25.7 Å². The Morgan fingerprint density at radius 2 is 1.90 bits per heavy atom. The fraction of sp³-hybridized carbons (Fsp3) is 0.462. The third kappa shape index (κ3) is 7.79. The van der Waals surface area contributed by atoms with E-state index in [1.165, 1.54) is 6.07 Å². The number of hydrogen-bond donors (Lipinski definition) is 2. The molecule has 2 N–H and O–H groups in total. The van der Waals surface area contributed by atoms with Gasteiger partial charge in [-0.3, -0.25) is 0 Å². The first-order chi connectivity index (χ1) is 9.56. The van der Waals surface area contributed by atoms with E-state index in [0.29, 0.717) is 11.5 Å². The highest BCUT2D eigenvalue weighted by atomic mass is 127. The number of rotatable bonds is 6. The predicted octanol–water partition coefficient (Wildman–Crippen LogP) is 3.74. The van der Waals surface area contributed by atoms with Crippen molar-refractivity contribution in [1.82, 2.24) is 10.6 Å². The second kappa shape index (κ2) is 11.0. The van der Waals surface area contributed by atoms with Gasteiger partial charge >= 0.3 is 6.61 Å². The summed E-state index contributed by atoms with van der Waals surface area (Å²) in [5.41, 5.74) is 0.591. The Kier molecular flexibility index (Phi) is 10.7. The van der Waals surface area contributed by atoms with Crippen molar-refractivity contribution in [2.45, 2.75) is 27.0 Å². The highest BCUT2D eigenvalue weighted by Crippen LogP contribution is 2.25. The lowest BCUT2D eigenvalue weighted by Gasteiger charge is -2.12. The van der Waals surface area contributed by atoms with Crippen LogP contribution in [0.2, 0.25) is 0 Å². The van der Waals surface area contributed by atoms with Crippen molar-refractivity contribution in [2.75, 3.05) is 13.1 Å². The molecule has 0 bridgehead atoms. The molecule has 0 unspecified atom stereocenters. The molecule has 0 aliphatic heterocycles. The summed E-state index contributed by atoms with van der Waals surface area (Å²) in [7, 11) is 0. The number of halogens is 4. The molecule has 8 heteroatoms. The van der Waals surface area contributed by atoms with Gasteiger partial charge in [-0.05, 0) is 32.0 Å². The number of hydrogen-bond acceptors (Lipinski definition) is 2. The van der Waals surface area contributed by atoms with Crippen LogP contribution in [0.15, 0.2) is 27.7 Å². The lowest BCUT2D eigenvalue weighted by Crippen LogP contribution is -2.36.